The third-order valence-corrected chi connectivity index (χ3v) is 4.07. The van der Waals surface area contributed by atoms with Crippen molar-refractivity contribution in [3.05, 3.63) is 87.0 Å². The van der Waals surface area contributed by atoms with Gasteiger partial charge < -0.3 is 5.32 Å². The molecular formula is C19H19FN4O2. The zero-order valence-electron chi connectivity index (χ0n) is 14.6. The molecule has 0 atom stereocenters. The molecule has 7 heteroatoms. The summed E-state index contributed by atoms with van der Waals surface area (Å²) in [5, 5.41) is 18.1. The summed E-state index contributed by atoms with van der Waals surface area (Å²) in [5.74, 6) is -0.641. The van der Waals surface area contributed by atoms with Gasteiger partial charge in [0.1, 0.15) is 0 Å². The Bertz CT molecular complexity index is 952. The molecule has 0 bridgehead atoms. The minimum atomic E-state index is -0.641. The molecule has 1 heterocycles. The van der Waals surface area contributed by atoms with E-state index in [1.165, 1.54) is 12.1 Å². The van der Waals surface area contributed by atoms with E-state index in [0.29, 0.717) is 13.1 Å². The van der Waals surface area contributed by atoms with Gasteiger partial charge in [0.25, 0.3) is 5.69 Å². The lowest BCUT2D eigenvalue weighted by molar-refractivity contribution is -0.385. The Balaban J connectivity index is 1.69. The van der Waals surface area contributed by atoms with Crippen LogP contribution < -0.4 is 5.32 Å². The largest absolute Gasteiger partial charge is 0.379 e. The highest BCUT2D eigenvalue weighted by Crippen LogP contribution is 2.21. The van der Waals surface area contributed by atoms with Gasteiger partial charge in [0, 0.05) is 18.3 Å². The number of benzene rings is 2. The van der Waals surface area contributed by atoms with Gasteiger partial charge in [0.05, 0.1) is 28.9 Å². The predicted octanol–water partition coefficient (Wildman–Crippen LogP) is 4.21. The number of aryl methyl sites for hydroxylation is 2. The second-order valence-electron chi connectivity index (χ2n) is 6.18. The van der Waals surface area contributed by atoms with Gasteiger partial charge in [-0.3, -0.25) is 14.8 Å². The SMILES string of the molecule is Cc1cc(C)n(Cc2cccc(CNc3ccc([N+](=O)[O-])cc3F)c2)n1. The number of nitro groups is 1. The summed E-state index contributed by atoms with van der Waals surface area (Å²) >= 11 is 0. The van der Waals surface area contributed by atoms with E-state index in [-0.39, 0.29) is 11.4 Å². The van der Waals surface area contributed by atoms with E-state index in [2.05, 4.69) is 10.4 Å². The van der Waals surface area contributed by atoms with Gasteiger partial charge in [-0.1, -0.05) is 24.3 Å². The zero-order chi connectivity index (χ0) is 18.7. The van der Waals surface area contributed by atoms with Gasteiger partial charge in [-0.25, -0.2) is 4.39 Å². The maximum absolute atomic E-state index is 13.9. The topological polar surface area (TPSA) is 73.0 Å². The molecule has 0 saturated heterocycles. The standard InChI is InChI=1S/C19H19FN4O2/c1-13-8-14(2)23(22-13)12-16-5-3-4-15(9-16)11-21-19-7-6-17(24(25)26)10-18(19)20/h3-10,21H,11-12H2,1-2H3. The van der Waals surface area contributed by atoms with Crippen LogP contribution in [0.5, 0.6) is 0 Å². The Morgan fingerprint density at radius 2 is 1.92 bits per heavy atom. The Morgan fingerprint density at radius 1 is 1.15 bits per heavy atom. The van der Waals surface area contributed by atoms with Crippen LogP contribution in [0.4, 0.5) is 15.8 Å². The molecule has 1 aromatic heterocycles. The fourth-order valence-electron chi connectivity index (χ4n) is 2.80. The van der Waals surface area contributed by atoms with Crippen molar-refractivity contribution in [1.29, 1.82) is 0 Å². The minimum Gasteiger partial charge on any atom is -0.379 e. The average molecular weight is 354 g/mol. The van der Waals surface area contributed by atoms with Gasteiger partial charge in [-0.15, -0.1) is 0 Å². The van der Waals surface area contributed by atoms with Crippen molar-refractivity contribution < 1.29 is 9.31 Å². The van der Waals surface area contributed by atoms with Crippen molar-refractivity contribution >= 4 is 11.4 Å². The van der Waals surface area contributed by atoms with Crippen molar-refractivity contribution in [2.24, 2.45) is 0 Å². The first-order valence-corrected chi connectivity index (χ1v) is 8.19. The number of nitrogens with zero attached hydrogens (tertiary/aromatic N) is 3. The number of non-ortho nitro benzene ring substituents is 1. The van der Waals surface area contributed by atoms with Gasteiger partial charge in [0.15, 0.2) is 5.82 Å². The van der Waals surface area contributed by atoms with Crippen LogP contribution in [-0.4, -0.2) is 14.7 Å². The number of aromatic nitrogens is 2. The molecule has 6 nitrogen and oxygen atoms in total. The molecule has 0 fully saturated rings. The summed E-state index contributed by atoms with van der Waals surface area (Å²) < 4.78 is 15.9. The predicted molar refractivity (Wildman–Crippen MR) is 97.6 cm³/mol. The van der Waals surface area contributed by atoms with E-state index >= 15 is 0 Å². The Kier molecular flexibility index (Phi) is 4.97. The van der Waals surface area contributed by atoms with E-state index in [4.69, 9.17) is 0 Å². The first kappa shape index (κ1) is 17.6. The summed E-state index contributed by atoms with van der Waals surface area (Å²) in [7, 11) is 0. The molecule has 0 spiro atoms. The molecule has 0 radical (unpaired) electrons. The molecule has 0 aliphatic rings. The highest BCUT2D eigenvalue weighted by atomic mass is 19.1. The van der Waals surface area contributed by atoms with Crippen molar-refractivity contribution in [2.45, 2.75) is 26.9 Å². The number of halogens is 1. The first-order valence-electron chi connectivity index (χ1n) is 8.19. The van der Waals surface area contributed by atoms with Crippen LogP contribution in [0.1, 0.15) is 22.5 Å². The smallest absolute Gasteiger partial charge is 0.272 e. The molecular weight excluding hydrogens is 335 g/mol. The summed E-state index contributed by atoms with van der Waals surface area (Å²) in [6.07, 6.45) is 0. The fourth-order valence-corrected chi connectivity index (χ4v) is 2.80. The van der Waals surface area contributed by atoms with Crippen LogP contribution in [0.15, 0.2) is 48.5 Å². The van der Waals surface area contributed by atoms with E-state index in [1.54, 1.807) is 0 Å². The molecule has 3 aromatic rings. The summed E-state index contributed by atoms with van der Waals surface area (Å²) in [5.41, 5.74) is 4.13. The molecule has 2 aromatic carbocycles. The third-order valence-electron chi connectivity index (χ3n) is 4.07. The molecule has 134 valence electrons. The van der Waals surface area contributed by atoms with Gasteiger partial charge in [-0.2, -0.15) is 5.10 Å². The molecule has 3 rings (SSSR count). The second kappa shape index (κ2) is 7.35. The molecule has 0 aliphatic heterocycles. The van der Waals surface area contributed by atoms with Crippen LogP contribution in [0, 0.1) is 29.8 Å². The summed E-state index contributed by atoms with van der Waals surface area (Å²) in [6.45, 7) is 5.06. The summed E-state index contributed by atoms with van der Waals surface area (Å²) in [6, 6.07) is 13.6. The lowest BCUT2D eigenvalue weighted by Crippen LogP contribution is -2.06. The van der Waals surface area contributed by atoms with Gasteiger partial charge in [-0.05, 0) is 37.1 Å². The van der Waals surface area contributed by atoms with E-state index in [1.807, 2.05) is 48.9 Å². The van der Waals surface area contributed by atoms with E-state index in [0.717, 1.165) is 28.6 Å². The van der Waals surface area contributed by atoms with E-state index < -0.39 is 10.7 Å². The van der Waals surface area contributed by atoms with Crippen molar-refractivity contribution in [3.8, 4) is 0 Å². The second-order valence-corrected chi connectivity index (χ2v) is 6.18. The molecule has 0 saturated carbocycles. The molecule has 0 aliphatic carbocycles. The average Bonchev–Trinajstić information content (AvgIpc) is 2.91. The summed E-state index contributed by atoms with van der Waals surface area (Å²) in [4.78, 5) is 10.1. The molecule has 0 amide bonds. The third kappa shape index (κ3) is 4.05. The number of rotatable bonds is 6. The zero-order valence-corrected chi connectivity index (χ0v) is 14.6. The van der Waals surface area contributed by atoms with Crippen LogP contribution >= 0.6 is 0 Å². The molecule has 0 unspecified atom stereocenters. The van der Waals surface area contributed by atoms with Crippen molar-refractivity contribution in [1.82, 2.24) is 9.78 Å². The van der Waals surface area contributed by atoms with Crippen LogP contribution in [-0.2, 0) is 13.1 Å². The van der Waals surface area contributed by atoms with Gasteiger partial charge >= 0.3 is 0 Å². The highest BCUT2D eigenvalue weighted by molar-refractivity contribution is 5.50. The quantitative estimate of drug-likeness (QED) is 0.532. The normalized spacial score (nSPS) is 10.7. The lowest BCUT2D eigenvalue weighted by Gasteiger charge is -2.10. The Labute approximate surface area is 150 Å². The van der Waals surface area contributed by atoms with Gasteiger partial charge in [0.2, 0.25) is 0 Å². The number of nitro benzene ring substituents is 1. The van der Waals surface area contributed by atoms with Crippen LogP contribution in [0.3, 0.4) is 0 Å². The van der Waals surface area contributed by atoms with Crippen LogP contribution in [0.2, 0.25) is 0 Å². The monoisotopic (exact) mass is 354 g/mol. The number of nitrogens with one attached hydrogen (secondary N) is 1. The number of anilines is 1. The maximum atomic E-state index is 13.9. The minimum absolute atomic E-state index is 0.236. The highest BCUT2D eigenvalue weighted by Gasteiger charge is 2.10. The number of hydrogen-bond donors (Lipinski definition) is 1. The fraction of sp³-hybridized carbons (Fsp3) is 0.211. The van der Waals surface area contributed by atoms with Crippen LogP contribution in [0.25, 0.3) is 0 Å². The van der Waals surface area contributed by atoms with Crippen molar-refractivity contribution in [3.63, 3.8) is 0 Å². The van der Waals surface area contributed by atoms with E-state index in [9.17, 15) is 14.5 Å². The molecule has 1 N–H and O–H groups in total. The maximum Gasteiger partial charge on any atom is 0.272 e. The lowest BCUT2D eigenvalue weighted by atomic mass is 10.1. The first-order chi connectivity index (χ1) is 12.4. The molecule has 26 heavy (non-hydrogen) atoms. The number of hydrogen-bond acceptors (Lipinski definition) is 4. The Morgan fingerprint density at radius 3 is 2.58 bits per heavy atom. The van der Waals surface area contributed by atoms with Crippen molar-refractivity contribution in [2.75, 3.05) is 5.32 Å². The Hall–Kier alpha value is -3.22.